The minimum atomic E-state index is -0.664. The molecule has 224 valence electrons. The molecule has 2 aromatic rings. The Balaban J connectivity index is 1.38. The average molecular weight is 585 g/mol. The normalized spacial score (nSPS) is 21.4. The SMILES string of the molecule is COc1ccc2cc1OCC(=O)N[C@@H]1CN(C(=O)CN3CCOC3=O)CC[C@H]1Oc1cc(F)cc(c1)CNC(=O)CC2. The summed E-state index contributed by atoms with van der Waals surface area (Å²) in [6.07, 6.45) is -0.196. The number of aryl methyl sites for hydroxylation is 1. The maximum atomic E-state index is 14.5. The van der Waals surface area contributed by atoms with Gasteiger partial charge in [0.15, 0.2) is 18.1 Å². The largest absolute Gasteiger partial charge is 0.493 e. The molecule has 0 spiro atoms. The molecule has 2 atom stereocenters. The highest BCUT2D eigenvalue weighted by atomic mass is 19.1. The van der Waals surface area contributed by atoms with Crippen LogP contribution >= 0.6 is 0 Å². The molecule has 42 heavy (non-hydrogen) atoms. The number of likely N-dealkylation sites (tertiary alicyclic amines) is 1. The van der Waals surface area contributed by atoms with Crippen LogP contribution in [-0.2, 0) is 32.1 Å². The van der Waals surface area contributed by atoms with E-state index in [1.807, 2.05) is 6.07 Å². The van der Waals surface area contributed by atoms with E-state index in [0.717, 1.165) is 5.56 Å². The number of fused-ring (bicyclic) bond motifs is 5. The first-order chi connectivity index (χ1) is 20.3. The summed E-state index contributed by atoms with van der Waals surface area (Å²) >= 11 is 0. The summed E-state index contributed by atoms with van der Waals surface area (Å²) in [5.41, 5.74) is 1.33. The van der Waals surface area contributed by atoms with Crippen molar-refractivity contribution >= 4 is 23.8 Å². The fourth-order valence-electron chi connectivity index (χ4n) is 5.16. The number of nitrogens with one attached hydrogen (secondary N) is 2. The van der Waals surface area contributed by atoms with Gasteiger partial charge >= 0.3 is 6.09 Å². The smallest absolute Gasteiger partial charge is 0.410 e. The third-order valence-electron chi connectivity index (χ3n) is 7.36. The first kappa shape index (κ1) is 29.0. The molecule has 0 aromatic heterocycles. The first-order valence-electron chi connectivity index (χ1n) is 13.8. The zero-order valence-corrected chi connectivity index (χ0v) is 23.2. The van der Waals surface area contributed by atoms with Crippen LogP contribution in [0.3, 0.4) is 0 Å². The van der Waals surface area contributed by atoms with E-state index >= 15 is 0 Å². The predicted molar refractivity (Wildman–Crippen MR) is 146 cm³/mol. The number of methoxy groups -OCH3 is 1. The van der Waals surface area contributed by atoms with E-state index in [0.29, 0.717) is 43.0 Å². The number of piperidine rings is 1. The minimum absolute atomic E-state index is 0.106. The quantitative estimate of drug-likeness (QED) is 0.553. The van der Waals surface area contributed by atoms with Gasteiger partial charge in [0.25, 0.3) is 5.91 Å². The molecule has 4 bridgehead atoms. The minimum Gasteiger partial charge on any atom is -0.493 e. The lowest BCUT2D eigenvalue weighted by Gasteiger charge is -2.39. The van der Waals surface area contributed by atoms with Gasteiger partial charge in [-0.2, -0.15) is 0 Å². The summed E-state index contributed by atoms with van der Waals surface area (Å²) in [5, 5.41) is 5.72. The number of cyclic esters (lactones) is 1. The Morgan fingerprint density at radius 1 is 1.05 bits per heavy atom. The van der Waals surface area contributed by atoms with Crippen molar-refractivity contribution in [3.8, 4) is 17.2 Å². The van der Waals surface area contributed by atoms with E-state index in [-0.39, 0.29) is 56.8 Å². The van der Waals surface area contributed by atoms with E-state index in [1.165, 1.54) is 24.1 Å². The van der Waals surface area contributed by atoms with Crippen LogP contribution in [0.25, 0.3) is 0 Å². The molecule has 2 aromatic carbocycles. The van der Waals surface area contributed by atoms with Crippen LogP contribution < -0.4 is 24.8 Å². The Bertz CT molecular complexity index is 1350. The monoisotopic (exact) mass is 584 g/mol. The van der Waals surface area contributed by atoms with Crippen molar-refractivity contribution in [1.82, 2.24) is 20.4 Å². The maximum Gasteiger partial charge on any atom is 0.410 e. The summed E-state index contributed by atoms with van der Waals surface area (Å²) in [4.78, 5) is 53.3. The number of rotatable bonds is 3. The van der Waals surface area contributed by atoms with Gasteiger partial charge < -0.3 is 34.5 Å². The van der Waals surface area contributed by atoms with Gasteiger partial charge in [0, 0.05) is 38.5 Å². The molecule has 4 amide bonds. The second kappa shape index (κ2) is 13.0. The number of benzene rings is 2. The summed E-state index contributed by atoms with van der Waals surface area (Å²) < 4.78 is 36.8. The van der Waals surface area contributed by atoms with Crippen LogP contribution in [0.5, 0.6) is 17.2 Å². The Morgan fingerprint density at radius 2 is 1.90 bits per heavy atom. The number of carbonyl (C=O) groups excluding carboxylic acids is 4. The molecule has 2 N–H and O–H groups in total. The Labute approximate surface area is 242 Å². The van der Waals surface area contributed by atoms with Crippen molar-refractivity contribution < 1.29 is 42.5 Å². The Hall–Kier alpha value is -4.55. The van der Waals surface area contributed by atoms with Crippen LogP contribution in [0.15, 0.2) is 36.4 Å². The number of ether oxygens (including phenoxy) is 4. The summed E-state index contributed by atoms with van der Waals surface area (Å²) in [6.45, 7) is 0.593. The molecule has 13 heteroatoms. The number of carbonyl (C=O) groups is 4. The third kappa shape index (κ3) is 7.20. The van der Waals surface area contributed by atoms with Crippen molar-refractivity contribution in [2.24, 2.45) is 0 Å². The van der Waals surface area contributed by atoms with E-state index in [1.54, 1.807) is 23.1 Å². The molecule has 0 aliphatic carbocycles. The molecule has 3 heterocycles. The van der Waals surface area contributed by atoms with E-state index < -0.39 is 30.0 Å². The highest BCUT2D eigenvalue weighted by Gasteiger charge is 2.36. The topological polar surface area (TPSA) is 136 Å². The second-order valence-electron chi connectivity index (χ2n) is 10.3. The summed E-state index contributed by atoms with van der Waals surface area (Å²) in [6, 6.07) is 8.77. The number of nitrogens with zero attached hydrogens (tertiary/aromatic N) is 2. The Kier molecular flexibility index (Phi) is 8.94. The predicted octanol–water partition coefficient (Wildman–Crippen LogP) is 1.39. The van der Waals surface area contributed by atoms with Crippen molar-refractivity contribution in [3.05, 3.63) is 53.3 Å². The van der Waals surface area contributed by atoms with Gasteiger partial charge in [0.1, 0.15) is 30.8 Å². The number of hydrogen-bond donors (Lipinski definition) is 2. The van der Waals surface area contributed by atoms with Crippen molar-refractivity contribution in [2.45, 2.75) is 38.0 Å². The van der Waals surface area contributed by atoms with Crippen molar-refractivity contribution in [1.29, 1.82) is 0 Å². The number of hydrogen-bond acceptors (Lipinski definition) is 8. The molecular formula is C29H33FN4O8. The zero-order chi connectivity index (χ0) is 29.6. The van der Waals surface area contributed by atoms with Crippen LogP contribution in [-0.4, -0.2) is 92.3 Å². The van der Waals surface area contributed by atoms with Crippen LogP contribution in [0.2, 0.25) is 0 Å². The van der Waals surface area contributed by atoms with Gasteiger partial charge in [0.2, 0.25) is 11.8 Å². The number of amides is 4. The van der Waals surface area contributed by atoms with Gasteiger partial charge in [-0.3, -0.25) is 19.3 Å². The van der Waals surface area contributed by atoms with Crippen LogP contribution in [0.4, 0.5) is 9.18 Å². The lowest BCUT2D eigenvalue weighted by molar-refractivity contribution is -0.136. The third-order valence-corrected chi connectivity index (χ3v) is 7.36. The summed E-state index contributed by atoms with van der Waals surface area (Å²) in [5.74, 6) is -0.470. The van der Waals surface area contributed by atoms with E-state index in [4.69, 9.17) is 18.9 Å². The van der Waals surface area contributed by atoms with Crippen molar-refractivity contribution in [2.75, 3.05) is 46.5 Å². The van der Waals surface area contributed by atoms with E-state index in [9.17, 15) is 23.6 Å². The van der Waals surface area contributed by atoms with Gasteiger partial charge in [-0.1, -0.05) is 6.07 Å². The lowest BCUT2D eigenvalue weighted by Crippen LogP contribution is -2.59. The van der Waals surface area contributed by atoms with E-state index in [2.05, 4.69) is 10.6 Å². The molecule has 2 fully saturated rings. The fraction of sp³-hybridized carbons (Fsp3) is 0.448. The highest BCUT2D eigenvalue weighted by molar-refractivity contribution is 5.83. The molecule has 0 unspecified atom stereocenters. The molecule has 0 radical (unpaired) electrons. The lowest BCUT2D eigenvalue weighted by atomic mass is 10.0. The molecule has 12 nitrogen and oxygen atoms in total. The molecule has 3 aliphatic rings. The van der Waals surface area contributed by atoms with Gasteiger partial charge in [0.05, 0.1) is 19.7 Å². The van der Waals surface area contributed by atoms with Gasteiger partial charge in [-0.25, -0.2) is 9.18 Å². The first-order valence-corrected chi connectivity index (χ1v) is 13.8. The van der Waals surface area contributed by atoms with Crippen molar-refractivity contribution in [3.63, 3.8) is 0 Å². The molecule has 5 rings (SSSR count). The molecular weight excluding hydrogens is 551 g/mol. The highest BCUT2D eigenvalue weighted by Crippen LogP contribution is 2.29. The molecule has 0 saturated carbocycles. The molecule has 2 saturated heterocycles. The number of halogens is 1. The Morgan fingerprint density at radius 3 is 2.69 bits per heavy atom. The summed E-state index contributed by atoms with van der Waals surface area (Å²) in [7, 11) is 1.49. The van der Waals surface area contributed by atoms with Gasteiger partial charge in [-0.05, 0) is 41.8 Å². The standard InChI is InChI=1S/C29H33FN4O8/c1-39-24-4-2-18-3-5-26(35)31-14-19-10-20(30)13-21(11-19)42-23-6-7-33(28(37)16-34-8-9-40-29(34)38)15-22(23)32-27(36)17-41-25(24)12-18/h2,4,10-13,22-23H,3,5-9,14-17H2,1H3,(H,31,35)(H,32,36)/t22-,23-/m1/s1. The second-order valence-corrected chi connectivity index (χ2v) is 10.3. The van der Waals surface area contributed by atoms with Crippen LogP contribution in [0.1, 0.15) is 24.0 Å². The van der Waals surface area contributed by atoms with Gasteiger partial charge in [-0.15, -0.1) is 0 Å². The fourth-order valence-corrected chi connectivity index (χ4v) is 5.16. The van der Waals surface area contributed by atoms with Crippen LogP contribution in [0, 0.1) is 5.82 Å². The average Bonchev–Trinajstić information content (AvgIpc) is 3.37. The molecule has 3 aliphatic heterocycles. The zero-order valence-electron chi connectivity index (χ0n) is 23.2. The maximum absolute atomic E-state index is 14.5.